The first-order valence-electron chi connectivity index (χ1n) is 12.0. The third-order valence-electron chi connectivity index (χ3n) is 6.16. The predicted octanol–water partition coefficient (Wildman–Crippen LogP) is 3.95. The van der Waals surface area contributed by atoms with E-state index in [0.29, 0.717) is 29.9 Å². The van der Waals surface area contributed by atoms with Gasteiger partial charge in [0.2, 0.25) is 0 Å². The lowest BCUT2D eigenvalue weighted by molar-refractivity contribution is -0.138. The van der Waals surface area contributed by atoms with Crippen LogP contribution in [0.1, 0.15) is 35.1 Å². The summed E-state index contributed by atoms with van der Waals surface area (Å²) in [6.07, 6.45) is -0.319. The molecule has 0 bridgehead atoms. The van der Waals surface area contributed by atoms with Crippen LogP contribution in [0.2, 0.25) is 5.02 Å². The molecule has 2 aromatic rings. The van der Waals surface area contributed by atoms with E-state index >= 15 is 0 Å². The topological polar surface area (TPSA) is 126 Å². The third-order valence-corrected chi connectivity index (χ3v) is 8.64. The summed E-state index contributed by atoms with van der Waals surface area (Å²) >= 11 is 4.86. The number of rotatable bonds is 9. The summed E-state index contributed by atoms with van der Waals surface area (Å²) in [6, 6.07) is 8.23. The van der Waals surface area contributed by atoms with Crippen LogP contribution >= 0.6 is 23.4 Å². The lowest BCUT2D eigenvalue weighted by Crippen LogP contribution is -2.44. The van der Waals surface area contributed by atoms with Gasteiger partial charge in [0.15, 0.2) is 16.7 Å². The number of benzene rings is 2. The molecule has 9 nitrogen and oxygen atoms in total. The average Bonchev–Trinajstić information content (AvgIpc) is 3.53. The number of halogens is 4. The van der Waals surface area contributed by atoms with Crippen LogP contribution in [0.15, 0.2) is 41.3 Å². The molecule has 2 aliphatic rings. The zero-order chi connectivity index (χ0) is 29.0. The second-order valence-electron chi connectivity index (χ2n) is 8.94. The van der Waals surface area contributed by atoms with Crippen LogP contribution in [-0.4, -0.2) is 61.7 Å². The minimum absolute atomic E-state index is 0.0191. The summed E-state index contributed by atoms with van der Waals surface area (Å²) < 4.78 is 56.4. The van der Waals surface area contributed by atoms with Crippen molar-refractivity contribution in [1.29, 1.82) is 5.41 Å². The number of nitrogens with zero attached hydrogens (tertiary/aromatic N) is 2. The van der Waals surface area contributed by atoms with Crippen molar-refractivity contribution in [2.45, 2.75) is 31.1 Å². The first kappa shape index (κ1) is 30.1. The molecule has 2 saturated heterocycles. The van der Waals surface area contributed by atoms with Crippen molar-refractivity contribution in [3.05, 3.63) is 68.6 Å². The summed E-state index contributed by atoms with van der Waals surface area (Å²) in [6.45, 7) is 0.544. The standard InChI is InChI=1S/C25H25ClF3N5O4S2/c26-18-5-4-16(19(11-18)25(27,28)29)13-31-20-6-3-15(9-17(20)12-30)10-21-23(36)34(24(37)39-21)14-22(35)32-40(38)33-7-1-2-8-33/h3-6,9-12,24,30-31,37H,1-2,7-8,13-14H2,(H,32,35). The Bertz CT molecular complexity index is 1370. The maximum absolute atomic E-state index is 13.4. The Hall–Kier alpha value is -2.91. The normalized spacial score (nSPS) is 19.7. The van der Waals surface area contributed by atoms with Crippen molar-refractivity contribution < 1.29 is 32.1 Å². The van der Waals surface area contributed by atoms with E-state index in [2.05, 4.69) is 10.0 Å². The highest BCUT2D eigenvalue weighted by Gasteiger charge is 2.37. The lowest BCUT2D eigenvalue weighted by atomic mass is 10.1. The van der Waals surface area contributed by atoms with E-state index in [0.717, 1.165) is 41.8 Å². The fourth-order valence-corrected chi connectivity index (χ4v) is 6.28. The van der Waals surface area contributed by atoms with Crippen LogP contribution in [0, 0.1) is 5.41 Å². The fraction of sp³-hybridized carbons (Fsp3) is 0.320. The van der Waals surface area contributed by atoms with E-state index in [4.69, 9.17) is 17.0 Å². The molecule has 40 heavy (non-hydrogen) atoms. The molecule has 2 fully saturated rings. The smallest absolute Gasteiger partial charge is 0.380 e. The molecule has 4 rings (SSSR count). The van der Waals surface area contributed by atoms with Gasteiger partial charge in [-0.15, -0.1) is 0 Å². The zero-order valence-corrected chi connectivity index (χ0v) is 23.2. The number of alkyl halides is 3. The van der Waals surface area contributed by atoms with Crippen molar-refractivity contribution >= 4 is 64.3 Å². The molecule has 2 unspecified atom stereocenters. The Morgan fingerprint density at radius 3 is 2.62 bits per heavy atom. The maximum Gasteiger partial charge on any atom is 0.416 e. The molecule has 0 saturated carbocycles. The number of nitrogens with one attached hydrogen (secondary N) is 3. The lowest BCUT2D eigenvalue weighted by Gasteiger charge is -2.19. The van der Waals surface area contributed by atoms with E-state index in [1.54, 1.807) is 22.5 Å². The summed E-state index contributed by atoms with van der Waals surface area (Å²) in [4.78, 5) is 26.3. The van der Waals surface area contributed by atoms with Crippen molar-refractivity contribution in [2.24, 2.45) is 0 Å². The van der Waals surface area contributed by atoms with E-state index < -0.39 is 46.8 Å². The van der Waals surface area contributed by atoms with Crippen molar-refractivity contribution in [1.82, 2.24) is 13.9 Å². The van der Waals surface area contributed by atoms with Crippen LogP contribution in [0.3, 0.4) is 0 Å². The molecular formula is C25H25ClF3N5O4S2. The SMILES string of the molecule is N=Cc1cc(C=C2SC(O)N(CC(=O)NS(=O)N3CCCC3)C2=O)ccc1NCc1ccc(Cl)cc1C(F)(F)F. The largest absolute Gasteiger partial charge is 0.416 e. The van der Waals surface area contributed by atoms with E-state index in [1.165, 1.54) is 18.2 Å². The third kappa shape index (κ3) is 7.23. The van der Waals surface area contributed by atoms with Gasteiger partial charge in [0.1, 0.15) is 6.54 Å². The summed E-state index contributed by atoms with van der Waals surface area (Å²) in [5, 5.41) is 21.0. The van der Waals surface area contributed by atoms with Gasteiger partial charge in [0, 0.05) is 42.1 Å². The quantitative estimate of drug-likeness (QED) is 0.250. The molecular weight excluding hydrogens is 591 g/mol. The maximum atomic E-state index is 13.4. The first-order chi connectivity index (χ1) is 19.0. The number of carbonyl (C=O) groups is 2. The van der Waals surface area contributed by atoms with Crippen molar-refractivity contribution in [3.8, 4) is 0 Å². The monoisotopic (exact) mass is 615 g/mol. The average molecular weight is 616 g/mol. The number of hydrogen-bond acceptors (Lipinski definition) is 7. The molecule has 0 radical (unpaired) electrons. The minimum Gasteiger partial charge on any atom is -0.380 e. The fourth-order valence-electron chi connectivity index (χ4n) is 4.18. The second-order valence-corrected chi connectivity index (χ2v) is 11.7. The van der Waals surface area contributed by atoms with Gasteiger partial charge >= 0.3 is 6.18 Å². The number of carbonyl (C=O) groups excluding carboxylic acids is 2. The molecule has 0 aliphatic carbocycles. The van der Waals surface area contributed by atoms with Crippen LogP contribution in [-0.2, 0) is 33.5 Å². The van der Waals surface area contributed by atoms with E-state index in [1.807, 2.05) is 0 Å². The predicted molar refractivity (Wildman–Crippen MR) is 148 cm³/mol. The number of anilines is 1. The van der Waals surface area contributed by atoms with Crippen LogP contribution < -0.4 is 10.0 Å². The molecule has 0 aromatic heterocycles. The Balaban J connectivity index is 1.43. The highest BCUT2D eigenvalue weighted by atomic mass is 35.5. The van der Waals surface area contributed by atoms with Crippen molar-refractivity contribution in [2.75, 3.05) is 25.0 Å². The number of hydrogen-bond donors (Lipinski definition) is 4. The molecule has 2 atom stereocenters. The minimum atomic E-state index is -4.59. The van der Waals surface area contributed by atoms with Gasteiger partial charge in [-0.2, -0.15) is 13.2 Å². The molecule has 2 aromatic carbocycles. The van der Waals surface area contributed by atoms with Crippen LogP contribution in [0.25, 0.3) is 6.08 Å². The summed E-state index contributed by atoms with van der Waals surface area (Å²) in [5.41, 5.74) is -0.954. The first-order valence-corrected chi connectivity index (χ1v) is 14.4. The van der Waals surface area contributed by atoms with Gasteiger partial charge < -0.3 is 15.8 Å². The number of thioether (sulfide) groups is 1. The molecule has 2 amide bonds. The van der Waals surface area contributed by atoms with Gasteiger partial charge in [0.05, 0.1) is 10.5 Å². The highest BCUT2D eigenvalue weighted by Crippen LogP contribution is 2.36. The molecule has 0 spiro atoms. The van der Waals surface area contributed by atoms with Crippen LogP contribution in [0.4, 0.5) is 18.9 Å². The molecule has 214 valence electrons. The van der Waals surface area contributed by atoms with Gasteiger partial charge in [0.25, 0.3) is 11.8 Å². The molecule has 2 heterocycles. The van der Waals surface area contributed by atoms with E-state index in [-0.39, 0.29) is 22.0 Å². The molecule has 2 aliphatic heterocycles. The number of aliphatic hydroxyl groups is 1. The number of amides is 2. The van der Waals surface area contributed by atoms with Gasteiger partial charge in [-0.3, -0.25) is 19.2 Å². The van der Waals surface area contributed by atoms with Crippen molar-refractivity contribution in [3.63, 3.8) is 0 Å². The summed E-state index contributed by atoms with van der Waals surface area (Å²) in [7, 11) is 0. The van der Waals surface area contributed by atoms with E-state index in [9.17, 15) is 32.1 Å². The van der Waals surface area contributed by atoms with Gasteiger partial charge in [-0.05, 0) is 54.3 Å². The molecule has 15 heteroatoms. The Morgan fingerprint density at radius 1 is 1.23 bits per heavy atom. The Morgan fingerprint density at radius 2 is 1.95 bits per heavy atom. The number of aliphatic hydroxyl groups excluding tert-OH is 1. The zero-order valence-electron chi connectivity index (χ0n) is 20.8. The van der Waals surface area contributed by atoms with Gasteiger partial charge in [-0.25, -0.2) is 8.51 Å². The van der Waals surface area contributed by atoms with Crippen LogP contribution in [0.5, 0.6) is 0 Å². The Kier molecular flexibility index (Phi) is 9.56. The summed E-state index contributed by atoms with van der Waals surface area (Å²) in [5.74, 6) is -1.27. The second kappa shape index (κ2) is 12.7. The molecule has 4 N–H and O–H groups in total. The van der Waals surface area contributed by atoms with Gasteiger partial charge in [-0.1, -0.05) is 35.5 Å². The highest BCUT2D eigenvalue weighted by molar-refractivity contribution is 8.05. The Labute approximate surface area is 240 Å².